The Hall–Kier alpha value is -1.78. The van der Waals surface area contributed by atoms with Crippen LogP contribution in [0.5, 0.6) is 0 Å². The third kappa shape index (κ3) is 7.28. The maximum atomic E-state index is 11.5. The van der Waals surface area contributed by atoms with Gasteiger partial charge in [0.1, 0.15) is 5.76 Å². The summed E-state index contributed by atoms with van der Waals surface area (Å²) in [5.74, 6) is 1.05. The number of carbonyl (C=O) groups is 2. The van der Waals surface area contributed by atoms with E-state index >= 15 is 0 Å². The summed E-state index contributed by atoms with van der Waals surface area (Å²) >= 11 is 0. The van der Waals surface area contributed by atoms with Gasteiger partial charge in [-0.05, 0) is 24.5 Å². The third-order valence-electron chi connectivity index (χ3n) is 2.66. The summed E-state index contributed by atoms with van der Waals surface area (Å²) < 4.78 is 5.09. The second-order valence-electron chi connectivity index (χ2n) is 4.89. The van der Waals surface area contributed by atoms with Gasteiger partial charge in [0.15, 0.2) is 0 Å². The Labute approximate surface area is 113 Å². The van der Waals surface area contributed by atoms with Crippen LogP contribution in [0.3, 0.4) is 0 Å². The molecule has 0 aliphatic carbocycles. The maximum Gasteiger partial charge on any atom is 0.220 e. The first-order valence-corrected chi connectivity index (χ1v) is 6.63. The fourth-order valence-electron chi connectivity index (χ4n) is 1.50. The SMILES string of the molecule is CC(C)CCNC(=O)CCC(=O)NCc1ccco1. The average Bonchev–Trinajstić information content (AvgIpc) is 2.86. The highest BCUT2D eigenvalue weighted by molar-refractivity contribution is 5.83. The van der Waals surface area contributed by atoms with Crippen molar-refractivity contribution in [2.75, 3.05) is 6.54 Å². The van der Waals surface area contributed by atoms with Gasteiger partial charge in [-0.2, -0.15) is 0 Å². The first-order valence-electron chi connectivity index (χ1n) is 6.63. The lowest BCUT2D eigenvalue weighted by Crippen LogP contribution is -2.28. The van der Waals surface area contributed by atoms with Crippen LogP contribution in [-0.2, 0) is 16.1 Å². The summed E-state index contributed by atoms with van der Waals surface area (Å²) in [7, 11) is 0. The van der Waals surface area contributed by atoms with Gasteiger partial charge in [-0.3, -0.25) is 9.59 Å². The number of hydrogen-bond donors (Lipinski definition) is 2. The molecule has 0 aliphatic heterocycles. The Morgan fingerprint density at radius 3 is 2.47 bits per heavy atom. The molecular formula is C14H22N2O3. The molecule has 0 radical (unpaired) electrons. The molecule has 0 saturated carbocycles. The maximum absolute atomic E-state index is 11.5. The summed E-state index contributed by atoms with van der Waals surface area (Å²) in [4.78, 5) is 22.9. The first-order chi connectivity index (χ1) is 9.08. The molecule has 5 heteroatoms. The van der Waals surface area contributed by atoms with Crippen LogP contribution in [-0.4, -0.2) is 18.4 Å². The molecular weight excluding hydrogens is 244 g/mol. The molecule has 106 valence electrons. The Kier molecular flexibility index (Phi) is 6.71. The van der Waals surface area contributed by atoms with Gasteiger partial charge in [0, 0.05) is 19.4 Å². The Bertz CT molecular complexity index is 385. The number of nitrogens with one attached hydrogen (secondary N) is 2. The zero-order valence-electron chi connectivity index (χ0n) is 11.6. The number of amides is 2. The van der Waals surface area contributed by atoms with Crippen molar-refractivity contribution in [3.05, 3.63) is 24.2 Å². The predicted molar refractivity (Wildman–Crippen MR) is 72.3 cm³/mol. The van der Waals surface area contributed by atoms with E-state index in [1.807, 2.05) is 0 Å². The van der Waals surface area contributed by atoms with E-state index in [4.69, 9.17) is 4.42 Å². The van der Waals surface area contributed by atoms with Crippen molar-refractivity contribution in [1.29, 1.82) is 0 Å². The zero-order chi connectivity index (χ0) is 14.1. The molecule has 0 atom stereocenters. The van der Waals surface area contributed by atoms with Crippen LogP contribution in [0, 0.1) is 5.92 Å². The highest BCUT2D eigenvalue weighted by atomic mass is 16.3. The minimum absolute atomic E-state index is 0.0752. The van der Waals surface area contributed by atoms with Gasteiger partial charge in [0.25, 0.3) is 0 Å². The molecule has 0 unspecified atom stereocenters. The van der Waals surface area contributed by atoms with Crippen molar-refractivity contribution in [2.24, 2.45) is 5.92 Å². The van der Waals surface area contributed by atoms with Crippen molar-refractivity contribution in [3.63, 3.8) is 0 Å². The fraction of sp³-hybridized carbons (Fsp3) is 0.571. The van der Waals surface area contributed by atoms with E-state index < -0.39 is 0 Å². The second-order valence-corrected chi connectivity index (χ2v) is 4.89. The zero-order valence-corrected chi connectivity index (χ0v) is 11.6. The topological polar surface area (TPSA) is 71.3 Å². The second kappa shape index (κ2) is 8.34. The predicted octanol–water partition coefficient (Wildman–Crippen LogP) is 1.84. The molecule has 0 spiro atoms. The van der Waals surface area contributed by atoms with Crippen molar-refractivity contribution in [2.45, 2.75) is 39.7 Å². The molecule has 19 heavy (non-hydrogen) atoms. The van der Waals surface area contributed by atoms with Crippen LogP contribution in [0.15, 0.2) is 22.8 Å². The van der Waals surface area contributed by atoms with Gasteiger partial charge < -0.3 is 15.1 Å². The molecule has 0 bridgehead atoms. The van der Waals surface area contributed by atoms with E-state index in [9.17, 15) is 9.59 Å². The molecule has 0 aromatic carbocycles. The van der Waals surface area contributed by atoms with Gasteiger partial charge in [0.05, 0.1) is 12.8 Å². The monoisotopic (exact) mass is 266 g/mol. The number of carbonyl (C=O) groups excluding carboxylic acids is 2. The molecule has 2 N–H and O–H groups in total. The fourth-order valence-corrected chi connectivity index (χ4v) is 1.50. The van der Waals surface area contributed by atoms with Gasteiger partial charge in [-0.1, -0.05) is 13.8 Å². The first kappa shape index (κ1) is 15.3. The van der Waals surface area contributed by atoms with Crippen LogP contribution in [0.1, 0.15) is 38.9 Å². The van der Waals surface area contributed by atoms with E-state index in [1.54, 1.807) is 18.4 Å². The Morgan fingerprint density at radius 1 is 1.21 bits per heavy atom. The van der Waals surface area contributed by atoms with Crippen LogP contribution in [0.2, 0.25) is 0 Å². The van der Waals surface area contributed by atoms with Crippen LogP contribution < -0.4 is 10.6 Å². The average molecular weight is 266 g/mol. The van der Waals surface area contributed by atoms with E-state index in [2.05, 4.69) is 24.5 Å². The molecule has 0 aliphatic rings. The van der Waals surface area contributed by atoms with Crippen molar-refractivity contribution >= 4 is 11.8 Å². The molecule has 1 aromatic heterocycles. The van der Waals surface area contributed by atoms with Gasteiger partial charge in [-0.25, -0.2) is 0 Å². The third-order valence-corrected chi connectivity index (χ3v) is 2.66. The summed E-state index contributed by atoms with van der Waals surface area (Å²) in [6.45, 7) is 5.24. The molecule has 2 amide bonds. The Morgan fingerprint density at radius 2 is 1.89 bits per heavy atom. The standard InChI is InChI=1S/C14H22N2O3/c1-11(2)7-8-15-13(17)5-6-14(18)16-10-12-4-3-9-19-12/h3-4,9,11H,5-8,10H2,1-2H3,(H,15,17)(H,16,18). The lowest BCUT2D eigenvalue weighted by Gasteiger charge is -2.07. The summed E-state index contributed by atoms with van der Waals surface area (Å²) in [6, 6.07) is 3.56. The highest BCUT2D eigenvalue weighted by Gasteiger charge is 2.07. The Balaban J connectivity index is 2.07. The number of furan rings is 1. The number of hydrogen-bond acceptors (Lipinski definition) is 3. The summed E-state index contributed by atoms with van der Waals surface area (Å²) in [6.07, 6.45) is 2.94. The van der Waals surface area contributed by atoms with Gasteiger partial charge >= 0.3 is 0 Å². The van der Waals surface area contributed by atoms with Crippen LogP contribution in [0.4, 0.5) is 0 Å². The lowest BCUT2D eigenvalue weighted by atomic mass is 10.1. The summed E-state index contributed by atoms with van der Waals surface area (Å²) in [5.41, 5.74) is 0. The highest BCUT2D eigenvalue weighted by Crippen LogP contribution is 2.00. The van der Waals surface area contributed by atoms with E-state index in [0.717, 1.165) is 6.42 Å². The van der Waals surface area contributed by atoms with E-state index in [-0.39, 0.29) is 24.7 Å². The lowest BCUT2D eigenvalue weighted by molar-refractivity contribution is -0.126. The van der Waals surface area contributed by atoms with Crippen molar-refractivity contribution in [1.82, 2.24) is 10.6 Å². The molecule has 0 fully saturated rings. The van der Waals surface area contributed by atoms with Crippen molar-refractivity contribution < 1.29 is 14.0 Å². The summed E-state index contributed by atoms with van der Waals surface area (Å²) in [5, 5.41) is 5.50. The molecule has 0 saturated heterocycles. The van der Waals surface area contributed by atoms with E-state index in [1.165, 1.54) is 0 Å². The van der Waals surface area contributed by atoms with Gasteiger partial charge in [-0.15, -0.1) is 0 Å². The number of rotatable bonds is 8. The van der Waals surface area contributed by atoms with Gasteiger partial charge in [0.2, 0.25) is 11.8 Å². The molecule has 1 aromatic rings. The minimum atomic E-state index is -0.143. The normalized spacial score (nSPS) is 10.5. The molecule has 5 nitrogen and oxygen atoms in total. The minimum Gasteiger partial charge on any atom is -0.467 e. The quantitative estimate of drug-likeness (QED) is 0.754. The van der Waals surface area contributed by atoms with Crippen LogP contribution >= 0.6 is 0 Å². The van der Waals surface area contributed by atoms with Crippen LogP contribution in [0.25, 0.3) is 0 Å². The largest absolute Gasteiger partial charge is 0.467 e. The van der Waals surface area contributed by atoms with Crippen molar-refractivity contribution in [3.8, 4) is 0 Å². The van der Waals surface area contributed by atoms with E-state index in [0.29, 0.717) is 24.8 Å². The molecule has 1 rings (SSSR count). The molecule has 1 heterocycles. The smallest absolute Gasteiger partial charge is 0.220 e.